The van der Waals surface area contributed by atoms with Gasteiger partial charge in [-0.3, -0.25) is 14.9 Å². The van der Waals surface area contributed by atoms with E-state index in [1.165, 1.54) is 19.2 Å². The second-order valence-electron chi connectivity index (χ2n) is 4.65. The number of carbonyl (C=O) groups excluding carboxylic acids is 1. The number of hydrogen-bond acceptors (Lipinski definition) is 5. The van der Waals surface area contributed by atoms with Crippen LogP contribution < -0.4 is 10.1 Å². The Morgan fingerprint density at radius 1 is 1.45 bits per heavy atom. The van der Waals surface area contributed by atoms with Crippen molar-refractivity contribution < 1.29 is 24.4 Å². The Balaban J connectivity index is 2.92. The lowest BCUT2D eigenvalue weighted by molar-refractivity contribution is -0.385. The summed E-state index contributed by atoms with van der Waals surface area (Å²) in [6, 6.07) is 2.63. The third-order valence-electron chi connectivity index (χ3n) is 3.09. The van der Waals surface area contributed by atoms with Crippen LogP contribution in [0.25, 0.3) is 0 Å². The summed E-state index contributed by atoms with van der Waals surface area (Å²) in [6.45, 7) is 1.92. The van der Waals surface area contributed by atoms with Crippen LogP contribution >= 0.6 is 0 Å². The number of nitro benzene ring substituents is 1. The number of benzene rings is 1. The highest BCUT2D eigenvalue weighted by Crippen LogP contribution is 2.27. The average Bonchev–Trinajstić information content (AvgIpc) is 2.49. The molecule has 2 N–H and O–H groups in total. The molecule has 0 heterocycles. The highest BCUT2D eigenvalue weighted by atomic mass is 16.6. The van der Waals surface area contributed by atoms with Gasteiger partial charge in [0.15, 0.2) is 5.75 Å². The lowest BCUT2D eigenvalue weighted by Crippen LogP contribution is -2.40. The lowest BCUT2D eigenvalue weighted by atomic mass is 10.1. The van der Waals surface area contributed by atoms with Crippen LogP contribution in [0.2, 0.25) is 0 Å². The summed E-state index contributed by atoms with van der Waals surface area (Å²) in [5.74, 6) is -1.79. The zero-order valence-corrected chi connectivity index (χ0v) is 12.4. The number of aliphatic carboxylic acids is 1. The Bertz CT molecular complexity index is 572. The topological polar surface area (TPSA) is 119 Å². The zero-order valence-electron chi connectivity index (χ0n) is 12.4. The highest BCUT2D eigenvalue weighted by Gasteiger charge is 2.22. The van der Waals surface area contributed by atoms with Crippen LogP contribution in [-0.2, 0) is 4.79 Å². The third kappa shape index (κ3) is 4.44. The molecule has 0 aromatic heterocycles. The van der Waals surface area contributed by atoms with Gasteiger partial charge in [0.25, 0.3) is 5.91 Å². The van der Waals surface area contributed by atoms with E-state index < -0.39 is 22.8 Å². The minimum Gasteiger partial charge on any atom is -0.490 e. The lowest BCUT2D eigenvalue weighted by Gasteiger charge is -2.14. The fourth-order valence-corrected chi connectivity index (χ4v) is 1.88. The SMILES string of the molecule is CCCCC(NC(=O)c1ccc([N+](=O)[O-])c(OC)c1)C(=O)O. The molecule has 0 radical (unpaired) electrons. The molecule has 0 aliphatic heterocycles. The van der Waals surface area contributed by atoms with Crippen LogP contribution in [0.1, 0.15) is 36.5 Å². The minimum atomic E-state index is -1.12. The number of amides is 1. The quantitative estimate of drug-likeness (QED) is 0.559. The second-order valence-corrected chi connectivity index (χ2v) is 4.65. The van der Waals surface area contributed by atoms with Gasteiger partial charge >= 0.3 is 11.7 Å². The van der Waals surface area contributed by atoms with Gasteiger partial charge in [0.05, 0.1) is 12.0 Å². The molecule has 1 atom stereocenters. The number of nitrogens with one attached hydrogen (secondary N) is 1. The second kappa shape index (κ2) is 7.96. The summed E-state index contributed by atoms with van der Waals surface area (Å²) in [5, 5.41) is 22.3. The van der Waals surface area contributed by atoms with Crippen LogP contribution in [-0.4, -0.2) is 35.1 Å². The molecule has 1 amide bonds. The van der Waals surface area contributed by atoms with E-state index in [1.54, 1.807) is 0 Å². The predicted octanol–water partition coefficient (Wildman–Crippen LogP) is 1.98. The molecule has 0 aliphatic carbocycles. The molecule has 0 fully saturated rings. The van der Waals surface area contributed by atoms with Crippen molar-refractivity contribution in [2.45, 2.75) is 32.2 Å². The van der Waals surface area contributed by atoms with E-state index in [9.17, 15) is 19.7 Å². The van der Waals surface area contributed by atoms with Crippen molar-refractivity contribution >= 4 is 17.6 Å². The number of ether oxygens (including phenoxy) is 1. The maximum Gasteiger partial charge on any atom is 0.326 e. The molecule has 22 heavy (non-hydrogen) atoms. The Morgan fingerprint density at radius 2 is 2.14 bits per heavy atom. The molecule has 0 saturated heterocycles. The van der Waals surface area contributed by atoms with Crippen molar-refractivity contribution in [2.24, 2.45) is 0 Å². The van der Waals surface area contributed by atoms with Crippen molar-refractivity contribution in [3.63, 3.8) is 0 Å². The van der Waals surface area contributed by atoms with Gasteiger partial charge in [-0.05, 0) is 12.5 Å². The number of nitrogens with zero attached hydrogens (tertiary/aromatic N) is 1. The summed E-state index contributed by atoms with van der Waals surface area (Å²) in [7, 11) is 1.26. The number of carboxylic acids is 1. The molecule has 0 aliphatic rings. The van der Waals surface area contributed by atoms with Crippen molar-refractivity contribution in [3.05, 3.63) is 33.9 Å². The molecular weight excluding hydrogens is 292 g/mol. The Labute approximate surface area is 127 Å². The Kier molecular flexibility index (Phi) is 6.30. The van der Waals surface area contributed by atoms with Gasteiger partial charge in [-0.25, -0.2) is 4.79 Å². The first-order valence-electron chi connectivity index (χ1n) is 6.76. The van der Waals surface area contributed by atoms with E-state index in [1.807, 2.05) is 6.92 Å². The summed E-state index contributed by atoms with van der Waals surface area (Å²) in [4.78, 5) is 33.4. The highest BCUT2D eigenvalue weighted by molar-refractivity contribution is 5.97. The average molecular weight is 310 g/mol. The standard InChI is InChI=1S/C14H18N2O6/c1-3-4-5-10(14(18)19)15-13(17)9-6-7-11(16(20)21)12(8-9)22-2/h6-8,10H,3-5H2,1-2H3,(H,15,17)(H,18,19). The molecule has 1 aromatic rings. The van der Waals surface area contributed by atoms with Crippen molar-refractivity contribution in [1.29, 1.82) is 0 Å². The third-order valence-corrected chi connectivity index (χ3v) is 3.09. The van der Waals surface area contributed by atoms with E-state index in [-0.39, 0.29) is 17.0 Å². The van der Waals surface area contributed by atoms with E-state index in [0.717, 1.165) is 12.5 Å². The van der Waals surface area contributed by atoms with Gasteiger partial charge in [-0.2, -0.15) is 0 Å². The first-order chi connectivity index (χ1) is 10.4. The van der Waals surface area contributed by atoms with Gasteiger partial charge in [-0.1, -0.05) is 19.8 Å². The van der Waals surface area contributed by atoms with Crippen LogP contribution in [0.3, 0.4) is 0 Å². The fraction of sp³-hybridized carbons (Fsp3) is 0.429. The van der Waals surface area contributed by atoms with Gasteiger partial charge in [0.2, 0.25) is 0 Å². The predicted molar refractivity (Wildman–Crippen MR) is 78.1 cm³/mol. The van der Waals surface area contributed by atoms with Gasteiger partial charge in [0, 0.05) is 17.7 Å². The Morgan fingerprint density at radius 3 is 2.64 bits per heavy atom. The molecule has 1 unspecified atom stereocenters. The largest absolute Gasteiger partial charge is 0.490 e. The van der Waals surface area contributed by atoms with E-state index >= 15 is 0 Å². The number of methoxy groups -OCH3 is 1. The number of carboxylic acid groups (broad SMARTS) is 1. The summed E-state index contributed by atoms with van der Waals surface area (Å²) < 4.78 is 4.88. The molecule has 8 heteroatoms. The van der Waals surface area contributed by atoms with Crippen molar-refractivity contribution in [2.75, 3.05) is 7.11 Å². The van der Waals surface area contributed by atoms with Crippen LogP contribution in [0.4, 0.5) is 5.69 Å². The Hall–Kier alpha value is -2.64. The zero-order chi connectivity index (χ0) is 16.7. The number of unbranched alkanes of at least 4 members (excludes halogenated alkanes) is 1. The number of rotatable bonds is 8. The van der Waals surface area contributed by atoms with Crippen LogP contribution in [0.15, 0.2) is 18.2 Å². The molecule has 8 nitrogen and oxygen atoms in total. The van der Waals surface area contributed by atoms with E-state index in [0.29, 0.717) is 12.8 Å². The van der Waals surface area contributed by atoms with Crippen LogP contribution in [0, 0.1) is 10.1 Å². The first-order valence-corrected chi connectivity index (χ1v) is 6.76. The smallest absolute Gasteiger partial charge is 0.326 e. The monoisotopic (exact) mass is 310 g/mol. The molecule has 1 rings (SSSR count). The maximum atomic E-state index is 12.1. The van der Waals surface area contributed by atoms with E-state index in [2.05, 4.69) is 5.32 Å². The molecule has 0 bridgehead atoms. The summed E-state index contributed by atoms with van der Waals surface area (Å²) >= 11 is 0. The molecular formula is C14H18N2O6. The molecule has 120 valence electrons. The maximum absolute atomic E-state index is 12.1. The minimum absolute atomic E-state index is 0.0573. The fourth-order valence-electron chi connectivity index (χ4n) is 1.88. The number of carbonyl (C=O) groups is 2. The van der Waals surface area contributed by atoms with Gasteiger partial charge < -0.3 is 15.2 Å². The number of hydrogen-bond donors (Lipinski definition) is 2. The number of nitro groups is 1. The van der Waals surface area contributed by atoms with Gasteiger partial charge in [0.1, 0.15) is 6.04 Å². The summed E-state index contributed by atoms with van der Waals surface area (Å²) in [5.41, 5.74) is -0.162. The van der Waals surface area contributed by atoms with E-state index in [4.69, 9.17) is 9.84 Å². The van der Waals surface area contributed by atoms with Crippen molar-refractivity contribution in [1.82, 2.24) is 5.32 Å². The molecule has 0 spiro atoms. The first kappa shape index (κ1) is 17.4. The normalized spacial score (nSPS) is 11.5. The summed E-state index contributed by atoms with van der Waals surface area (Å²) in [6.07, 6.45) is 1.80. The van der Waals surface area contributed by atoms with Gasteiger partial charge in [-0.15, -0.1) is 0 Å². The van der Waals surface area contributed by atoms with Crippen molar-refractivity contribution in [3.8, 4) is 5.75 Å². The molecule has 1 aromatic carbocycles. The van der Waals surface area contributed by atoms with Crippen LogP contribution in [0.5, 0.6) is 5.75 Å². The molecule has 0 saturated carbocycles.